The molecule has 1 amide bonds. The highest BCUT2D eigenvalue weighted by Crippen LogP contribution is 2.29. The van der Waals surface area contributed by atoms with Gasteiger partial charge in [0, 0.05) is 32.3 Å². The Morgan fingerprint density at radius 1 is 1.10 bits per heavy atom. The zero-order chi connectivity index (χ0) is 21.7. The van der Waals surface area contributed by atoms with Gasteiger partial charge >= 0.3 is 0 Å². The fourth-order valence-corrected chi connectivity index (χ4v) is 3.84. The molecule has 0 bridgehead atoms. The molecule has 2 aromatic carbocycles. The lowest BCUT2D eigenvalue weighted by molar-refractivity contribution is -0.384. The molecule has 160 valence electrons. The van der Waals surface area contributed by atoms with Gasteiger partial charge in [-0.25, -0.2) is 0 Å². The monoisotopic (exact) mass is 411 g/mol. The molecule has 1 aliphatic rings. The van der Waals surface area contributed by atoms with Gasteiger partial charge in [0.25, 0.3) is 11.6 Å². The molecule has 0 unspecified atom stereocenters. The number of hydrogen-bond donors (Lipinski definition) is 0. The highest BCUT2D eigenvalue weighted by atomic mass is 16.6. The SMILES string of the molecule is Cc1cc(C)cc(OCCN(C)C(=O)c2cc([N+](=O)[O-])ccc2N2CCCCC2)c1. The van der Waals surface area contributed by atoms with E-state index in [9.17, 15) is 14.9 Å². The van der Waals surface area contributed by atoms with Gasteiger partial charge in [-0.3, -0.25) is 14.9 Å². The number of aryl methyl sites for hydroxylation is 2. The first-order chi connectivity index (χ1) is 14.3. The number of ether oxygens (including phenoxy) is 1. The Bertz CT molecular complexity index is 902. The van der Waals surface area contributed by atoms with Crippen LogP contribution in [-0.2, 0) is 0 Å². The first kappa shape index (κ1) is 21.6. The van der Waals surface area contributed by atoms with Gasteiger partial charge in [-0.2, -0.15) is 0 Å². The van der Waals surface area contributed by atoms with E-state index < -0.39 is 4.92 Å². The summed E-state index contributed by atoms with van der Waals surface area (Å²) in [5, 5.41) is 11.3. The lowest BCUT2D eigenvalue weighted by Crippen LogP contribution is -2.35. The molecular weight excluding hydrogens is 382 g/mol. The molecule has 0 saturated carbocycles. The molecule has 7 heteroatoms. The molecule has 0 aromatic heterocycles. The smallest absolute Gasteiger partial charge is 0.270 e. The summed E-state index contributed by atoms with van der Waals surface area (Å²) in [5.41, 5.74) is 3.32. The van der Waals surface area contributed by atoms with Crippen molar-refractivity contribution in [2.45, 2.75) is 33.1 Å². The molecule has 1 heterocycles. The van der Waals surface area contributed by atoms with Crippen LogP contribution in [0.4, 0.5) is 11.4 Å². The van der Waals surface area contributed by atoms with Crippen molar-refractivity contribution in [2.75, 3.05) is 38.2 Å². The zero-order valence-corrected chi connectivity index (χ0v) is 17.9. The van der Waals surface area contributed by atoms with Crippen molar-refractivity contribution < 1.29 is 14.5 Å². The molecular formula is C23H29N3O4. The van der Waals surface area contributed by atoms with Crippen LogP contribution < -0.4 is 9.64 Å². The summed E-state index contributed by atoms with van der Waals surface area (Å²) in [4.78, 5) is 27.7. The maximum absolute atomic E-state index is 13.2. The molecule has 0 N–H and O–H groups in total. The minimum atomic E-state index is -0.458. The number of hydrogen-bond acceptors (Lipinski definition) is 5. The molecule has 0 atom stereocenters. The van der Waals surface area contributed by atoms with Crippen LogP contribution in [-0.4, -0.2) is 49.0 Å². The average Bonchev–Trinajstić information content (AvgIpc) is 2.72. The van der Waals surface area contributed by atoms with Crippen LogP contribution in [0.2, 0.25) is 0 Å². The normalized spacial score (nSPS) is 13.8. The summed E-state index contributed by atoms with van der Waals surface area (Å²) in [6.45, 7) is 6.47. The Kier molecular flexibility index (Phi) is 6.92. The van der Waals surface area contributed by atoms with E-state index in [0.29, 0.717) is 18.7 Å². The van der Waals surface area contributed by atoms with E-state index in [1.165, 1.54) is 18.6 Å². The number of nitro benzene ring substituents is 1. The molecule has 1 saturated heterocycles. The second kappa shape index (κ2) is 9.61. The number of non-ortho nitro benzene ring substituents is 1. The quantitative estimate of drug-likeness (QED) is 0.500. The first-order valence-corrected chi connectivity index (χ1v) is 10.3. The molecule has 0 aliphatic carbocycles. The minimum absolute atomic E-state index is 0.0704. The van der Waals surface area contributed by atoms with Crippen LogP contribution in [0.1, 0.15) is 40.7 Å². The van der Waals surface area contributed by atoms with Crippen molar-refractivity contribution in [1.29, 1.82) is 0 Å². The molecule has 7 nitrogen and oxygen atoms in total. The van der Waals surface area contributed by atoms with Gasteiger partial charge in [-0.1, -0.05) is 6.07 Å². The zero-order valence-electron chi connectivity index (χ0n) is 17.9. The van der Waals surface area contributed by atoms with Gasteiger partial charge in [0.05, 0.1) is 22.7 Å². The molecule has 1 fully saturated rings. The number of benzene rings is 2. The van der Waals surface area contributed by atoms with Crippen LogP contribution in [0.5, 0.6) is 5.75 Å². The van der Waals surface area contributed by atoms with E-state index >= 15 is 0 Å². The maximum Gasteiger partial charge on any atom is 0.270 e. The fraction of sp³-hybridized carbons (Fsp3) is 0.435. The predicted octanol–water partition coefficient (Wildman–Crippen LogP) is 4.35. The summed E-state index contributed by atoms with van der Waals surface area (Å²) in [6.07, 6.45) is 3.29. The Morgan fingerprint density at radius 2 is 1.77 bits per heavy atom. The van der Waals surface area contributed by atoms with E-state index in [1.54, 1.807) is 18.0 Å². The first-order valence-electron chi connectivity index (χ1n) is 10.3. The predicted molar refractivity (Wildman–Crippen MR) is 118 cm³/mol. The molecule has 0 spiro atoms. The van der Waals surface area contributed by atoms with Crippen LogP contribution >= 0.6 is 0 Å². The number of rotatable bonds is 7. The Labute approximate surface area is 177 Å². The van der Waals surface area contributed by atoms with Gasteiger partial charge in [-0.15, -0.1) is 0 Å². The number of carbonyl (C=O) groups is 1. The average molecular weight is 412 g/mol. The summed E-state index contributed by atoms with van der Waals surface area (Å²) in [7, 11) is 1.70. The molecule has 0 radical (unpaired) electrons. The topological polar surface area (TPSA) is 75.9 Å². The van der Waals surface area contributed by atoms with E-state index in [-0.39, 0.29) is 11.6 Å². The van der Waals surface area contributed by atoms with Crippen molar-refractivity contribution in [3.8, 4) is 5.75 Å². The molecule has 1 aliphatic heterocycles. The molecule has 3 rings (SSSR count). The Hall–Kier alpha value is -3.09. The van der Waals surface area contributed by atoms with Crippen molar-refractivity contribution in [1.82, 2.24) is 4.90 Å². The van der Waals surface area contributed by atoms with E-state index in [4.69, 9.17) is 4.74 Å². The highest BCUT2D eigenvalue weighted by molar-refractivity contribution is 6.00. The number of anilines is 1. The summed E-state index contributed by atoms with van der Waals surface area (Å²) < 4.78 is 5.82. The summed E-state index contributed by atoms with van der Waals surface area (Å²) >= 11 is 0. The van der Waals surface area contributed by atoms with Gasteiger partial charge in [0.1, 0.15) is 12.4 Å². The van der Waals surface area contributed by atoms with Crippen LogP contribution in [0.3, 0.4) is 0 Å². The third kappa shape index (κ3) is 5.28. The second-order valence-corrected chi connectivity index (χ2v) is 7.90. The summed E-state index contributed by atoms with van der Waals surface area (Å²) in [6, 6.07) is 10.6. The van der Waals surface area contributed by atoms with Crippen molar-refractivity contribution >= 4 is 17.3 Å². The fourth-order valence-electron chi connectivity index (χ4n) is 3.84. The number of likely N-dealkylation sites (N-methyl/N-ethyl adjacent to an activating group) is 1. The molecule has 30 heavy (non-hydrogen) atoms. The van der Waals surface area contributed by atoms with E-state index in [2.05, 4.69) is 11.0 Å². The van der Waals surface area contributed by atoms with Crippen molar-refractivity contribution in [3.05, 3.63) is 63.2 Å². The van der Waals surface area contributed by atoms with Gasteiger partial charge in [0.2, 0.25) is 0 Å². The number of carbonyl (C=O) groups excluding carboxylic acids is 1. The molecule has 2 aromatic rings. The number of piperidine rings is 1. The Balaban J connectivity index is 1.73. The highest BCUT2D eigenvalue weighted by Gasteiger charge is 2.24. The van der Waals surface area contributed by atoms with Crippen molar-refractivity contribution in [2.24, 2.45) is 0 Å². The van der Waals surface area contributed by atoms with Crippen LogP contribution in [0, 0.1) is 24.0 Å². The largest absolute Gasteiger partial charge is 0.492 e. The lowest BCUT2D eigenvalue weighted by atomic mass is 10.1. The number of nitrogens with zero attached hydrogens (tertiary/aromatic N) is 3. The van der Waals surface area contributed by atoms with E-state index in [0.717, 1.165) is 48.5 Å². The Morgan fingerprint density at radius 3 is 2.40 bits per heavy atom. The third-order valence-corrected chi connectivity index (χ3v) is 5.36. The standard InChI is InChI=1S/C23H29N3O4/c1-17-13-18(2)15-20(14-17)30-12-11-24(3)23(27)21-16-19(26(28)29)7-8-22(21)25-9-5-4-6-10-25/h7-8,13-16H,4-6,9-12H2,1-3H3. The number of amides is 1. The maximum atomic E-state index is 13.2. The van der Waals surface area contributed by atoms with Gasteiger partial charge < -0.3 is 14.5 Å². The lowest BCUT2D eigenvalue weighted by Gasteiger charge is -2.31. The summed E-state index contributed by atoms with van der Waals surface area (Å²) in [5.74, 6) is 0.543. The van der Waals surface area contributed by atoms with Crippen LogP contribution in [0.15, 0.2) is 36.4 Å². The van der Waals surface area contributed by atoms with Gasteiger partial charge in [-0.05, 0) is 62.4 Å². The minimum Gasteiger partial charge on any atom is -0.492 e. The third-order valence-electron chi connectivity index (χ3n) is 5.36. The van der Waals surface area contributed by atoms with Gasteiger partial charge in [0.15, 0.2) is 0 Å². The van der Waals surface area contributed by atoms with Crippen LogP contribution in [0.25, 0.3) is 0 Å². The second-order valence-electron chi connectivity index (χ2n) is 7.90. The van der Waals surface area contributed by atoms with E-state index in [1.807, 2.05) is 26.0 Å². The number of nitro groups is 1. The van der Waals surface area contributed by atoms with Crippen molar-refractivity contribution in [3.63, 3.8) is 0 Å².